The molecule has 1 aromatic heterocycles. The van der Waals surface area contributed by atoms with Crippen LogP contribution in [-0.4, -0.2) is 22.9 Å². The van der Waals surface area contributed by atoms with E-state index in [2.05, 4.69) is 22.1 Å². The highest BCUT2D eigenvalue weighted by Gasteiger charge is 2.17. The zero-order chi connectivity index (χ0) is 15.2. The Balaban J connectivity index is 1.60. The van der Waals surface area contributed by atoms with Crippen LogP contribution in [0.1, 0.15) is 30.7 Å². The Morgan fingerprint density at radius 1 is 1.23 bits per heavy atom. The standard InChI is InChI=1S/C17H20N2O3/c20-17-14(22-16-8-4-5-11-21-16)12-18-15(19-17)10-9-13-6-2-1-3-7-13/h1-3,6-7,12,16H,4-5,8-11H2,(H,18,19,20). The summed E-state index contributed by atoms with van der Waals surface area (Å²) in [5.41, 5.74) is 0.980. The lowest BCUT2D eigenvalue weighted by atomic mass is 10.1. The third-order valence-electron chi connectivity index (χ3n) is 3.71. The van der Waals surface area contributed by atoms with Crippen molar-refractivity contribution in [2.45, 2.75) is 38.4 Å². The van der Waals surface area contributed by atoms with E-state index >= 15 is 0 Å². The molecule has 1 atom stereocenters. The number of aromatic amines is 1. The first-order valence-corrected chi connectivity index (χ1v) is 7.71. The summed E-state index contributed by atoms with van der Waals surface area (Å²) in [6, 6.07) is 10.1. The van der Waals surface area contributed by atoms with Crippen molar-refractivity contribution in [3.8, 4) is 5.75 Å². The molecule has 3 rings (SSSR count). The summed E-state index contributed by atoms with van der Waals surface area (Å²) in [5, 5.41) is 0. The van der Waals surface area contributed by atoms with E-state index in [0.717, 1.165) is 25.7 Å². The summed E-state index contributed by atoms with van der Waals surface area (Å²) in [6.07, 6.45) is 5.63. The van der Waals surface area contributed by atoms with Crippen molar-refractivity contribution in [2.24, 2.45) is 0 Å². The SMILES string of the molecule is O=c1[nH]c(CCc2ccccc2)ncc1OC1CCCCO1. The predicted molar refractivity (Wildman–Crippen MR) is 82.9 cm³/mol. The maximum atomic E-state index is 12.0. The molecule has 0 saturated carbocycles. The molecule has 1 aliphatic heterocycles. The van der Waals surface area contributed by atoms with E-state index in [1.165, 1.54) is 11.8 Å². The van der Waals surface area contributed by atoms with Crippen molar-refractivity contribution in [3.63, 3.8) is 0 Å². The van der Waals surface area contributed by atoms with Crippen LogP contribution in [0, 0.1) is 0 Å². The van der Waals surface area contributed by atoms with Crippen LogP contribution in [0.25, 0.3) is 0 Å². The van der Waals surface area contributed by atoms with Crippen LogP contribution in [-0.2, 0) is 17.6 Å². The molecule has 1 N–H and O–H groups in total. The quantitative estimate of drug-likeness (QED) is 0.921. The highest BCUT2D eigenvalue weighted by Crippen LogP contribution is 2.15. The molecule has 1 unspecified atom stereocenters. The van der Waals surface area contributed by atoms with Gasteiger partial charge in [0.25, 0.3) is 5.56 Å². The fraction of sp³-hybridized carbons (Fsp3) is 0.412. The number of ether oxygens (including phenoxy) is 2. The van der Waals surface area contributed by atoms with E-state index in [1.54, 1.807) is 0 Å². The maximum absolute atomic E-state index is 12.0. The van der Waals surface area contributed by atoms with Crippen molar-refractivity contribution in [1.29, 1.82) is 0 Å². The zero-order valence-electron chi connectivity index (χ0n) is 12.5. The maximum Gasteiger partial charge on any atom is 0.293 e. The number of H-pyrrole nitrogens is 1. The fourth-order valence-corrected chi connectivity index (χ4v) is 2.48. The van der Waals surface area contributed by atoms with Gasteiger partial charge in [0.1, 0.15) is 5.82 Å². The topological polar surface area (TPSA) is 64.2 Å². The van der Waals surface area contributed by atoms with Crippen LogP contribution >= 0.6 is 0 Å². The van der Waals surface area contributed by atoms with E-state index in [0.29, 0.717) is 18.9 Å². The lowest BCUT2D eigenvalue weighted by Gasteiger charge is -2.22. The Kier molecular flexibility index (Phi) is 4.85. The molecule has 2 heterocycles. The second kappa shape index (κ2) is 7.22. The first-order valence-electron chi connectivity index (χ1n) is 7.71. The van der Waals surface area contributed by atoms with Gasteiger partial charge in [0.2, 0.25) is 5.75 Å². The van der Waals surface area contributed by atoms with Gasteiger partial charge >= 0.3 is 0 Å². The molecule has 1 saturated heterocycles. The molecule has 2 aromatic rings. The van der Waals surface area contributed by atoms with Gasteiger partial charge in [-0.1, -0.05) is 30.3 Å². The Morgan fingerprint density at radius 2 is 2.09 bits per heavy atom. The second-order valence-corrected chi connectivity index (χ2v) is 5.42. The number of rotatable bonds is 5. The average molecular weight is 300 g/mol. The molecular formula is C17H20N2O3. The molecule has 1 fully saturated rings. The molecule has 1 aromatic carbocycles. The fourth-order valence-electron chi connectivity index (χ4n) is 2.48. The van der Waals surface area contributed by atoms with Crippen molar-refractivity contribution in [2.75, 3.05) is 6.61 Å². The summed E-state index contributed by atoms with van der Waals surface area (Å²) in [4.78, 5) is 19.1. The second-order valence-electron chi connectivity index (χ2n) is 5.42. The average Bonchev–Trinajstić information content (AvgIpc) is 2.57. The summed E-state index contributed by atoms with van der Waals surface area (Å²) < 4.78 is 11.0. The first-order chi connectivity index (χ1) is 10.8. The summed E-state index contributed by atoms with van der Waals surface area (Å²) in [5.74, 6) is 0.904. The van der Waals surface area contributed by atoms with Gasteiger partial charge in [-0.15, -0.1) is 0 Å². The third-order valence-corrected chi connectivity index (χ3v) is 3.71. The van der Waals surface area contributed by atoms with Crippen molar-refractivity contribution < 1.29 is 9.47 Å². The molecule has 0 bridgehead atoms. The zero-order valence-corrected chi connectivity index (χ0v) is 12.5. The summed E-state index contributed by atoms with van der Waals surface area (Å²) in [6.45, 7) is 0.686. The summed E-state index contributed by atoms with van der Waals surface area (Å²) in [7, 11) is 0. The number of nitrogens with one attached hydrogen (secondary N) is 1. The molecule has 0 spiro atoms. The van der Waals surface area contributed by atoms with Crippen LogP contribution in [0.3, 0.4) is 0 Å². The number of hydrogen-bond acceptors (Lipinski definition) is 4. The minimum atomic E-state index is -0.327. The Hall–Kier alpha value is -2.14. The van der Waals surface area contributed by atoms with Gasteiger partial charge in [-0.05, 0) is 24.8 Å². The lowest BCUT2D eigenvalue weighted by Crippen LogP contribution is -2.28. The third kappa shape index (κ3) is 3.95. The van der Waals surface area contributed by atoms with E-state index in [9.17, 15) is 4.79 Å². The normalized spacial score (nSPS) is 18.1. The van der Waals surface area contributed by atoms with E-state index in [4.69, 9.17) is 9.47 Å². The molecule has 22 heavy (non-hydrogen) atoms. The molecule has 5 heteroatoms. The van der Waals surface area contributed by atoms with Crippen molar-refractivity contribution in [1.82, 2.24) is 9.97 Å². The largest absolute Gasteiger partial charge is 0.458 e. The number of benzene rings is 1. The van der Waals surface area contributed by atoms with Crippen LogP contribution in [0.4, 0.5) is 0 Å². The first kappa shape index (κ1) is 14.8. The molecule has 0 radical (unpaired) electrons. The number of aromatic nitrogens is 2. The number of nitrogens with zero attached hydrogens (tertiary/aromatic N) is 1. The van der Waals surface area contributed by atoms with Gasteiger partial charge in [-0.25, -0.2) is 4.98 Å². The number of aryl methyl sites for hydroxylation is 2. The number of hydrogen-bond donors (Lipinski definition) is 1. The van der Waals surface area contributed by atoms with Crippen LogP contribution < -0.4 is 10.3 Å². The van der Waals surface area contributed by atoms with Crippen LogP contribution in [0.2, 0.25) is 0 Å². The smallest absolute Gasteiger partial charge is 0.293 e. The Labute approximate surface area is 129 Å². The molecule has 1 aliphatic rings. The monoisotopic (exact) mass is 300 g/mol. The summed E-state index contributed by atoms with van der Waals surface area (Å²) >= 11 is 0. The van der Waals surface area contributed by atoms with Gasteiger partial charge in [0.15, 0.2) is 6.29 Å². The van der Waals surface area contributed by atoms with Gasteiger partial charge in [-0.3, -0.25) is 4.79 Å². The van der Waals surface area contributed by atoms with Gasteiger partial charge < -0.3 is 14.5 Å². The van der Waals surface area contributed by atoms with E-state index < -0.39 is 0 Å². The highest BCUT2D eigenvalue weighted by atomic mass is 16.7. The minimum absolute atomic E-state index is 0.232. The van der Waals surface area contributed by atoms with Crippen LogP contribution in [0.5, 0.6) is 5.75 Å². The Bertz CT molecular complexity index is 648. The Morgan fingerprint density at radius 3 is 2.82 bits per heavy atom. The molecule has 116 valence electrons. The predicted octanol–water partition coefficient (Wildman–Crippen LogP) is 2.46. The van der Waals surface area contributed by atoms with E-state index in [1.807, 2.05) is 18.2 Å². The molecule has 0 amide bonds. The molecular weight excluding hydrogens is 280 g/mol. The van der Waals surface area contributed by atoms with Crippen molar-refractivity contribution in [3.05, 3.63) is 58.3 Å². The van der Waals surface area contributed by atoms with Gasteiger partial charge in [0, 0.05) is 12.8 Å². The highest BCUT2D eigenvalue weighted by molar-refractivity contribution is 5.17. The van der Waals surface area contributed by atoms with Gasteiger partial charge in [-0.2, -0.15) is 0 Å². The van der Waals surface area contributed by atoms with Gasteiger partial charge in [0.05, 0.1) is 12.8 Å². The molecule has 5 nitrogen and oxygen atoms in total. The van der Waals surface area contributed by atoms with E-state index in [-0.39, 0.29) is 17.6 Å². The van der Waals surface area contributed by atoms with Crippen molar-refractivity contribution >= 4 is 0 Å². The molecule has 0 aliphatic carbocycles. The van der Waals surface area contributed by atoms with Crippen LogP contribution in [0.15, 0.2) is 41.3 Å². The minimum Gasteiger partial charge on any atom is -0.458 e. The lowest BCUT2D eigenvalue weighted by molar-refractivity contribution is -0.106.